The summed E-state index contributed by atoms with van der Waals surface area (Å²) < 4.78 is 14.9. The average molecular weight is 366 g/mol. The van der Waals surface area contributed by atoms with E-state index in [0.29, 0.717) is 30.0 Å². The predicted octanol–water partition coefficient (Wildman–Crippen LogP) is 2.48. The molecule has 138 valence electrons. The van der Waals surface area contributed by atoms with Crippen molar-refractivity contribution in [3.63, 3.8) is 0 Å². The number of rotatable bonds is 3. The molecule has 3 aromatic rings. The van der Waals surface area contributed by atoms with Crippen LogP contribution in [0.5, 0.6) is 0 Å². The third kappa shape index (κ3) is 3.40. The first-order valence-corrected chi connectivity index (χ1v) is 8.84. The molecular weight excluding hydrogens is 347 g/mol. The minimum absolute atomic E-state index is 0.125. The number of halogens is 1. The Bertz CT molecular complexity index is 1010. The van der Waals surface area contributed by atoms with Gasteiger partial charge in [-0.1, -0.05) is 0 Å². The van der Waals surface area contributed by atoms with Gasteiger partial charge in [0.05, 0.1) is 17.2 Å². The van der Waals surface area contributed by atoms with E-state index in [1.165, 1.54) is 12.1 Å². The summed E-state index contributed by atoms with van der Waals surface area (Å²) in [6, 6.07) is 9.62. The maximum absolute atomic E-state index is 13.1. The molecule has 0 saturated carbocycles. The van der Waals surface area contributed by atoms with Crippen LogP contribution in [0.25, 0.3) is 16.9 Å². The molecule has 1 atom stereocenters. The number of aromatic nitrogens is 2. The fourth-order valence-electron chi connectivity index (χ4n) is 3.45. The minimum atomic E-state index is -0.360. The van der Waals surface area contributed by atoms with Gasteiger partial charge < -0.3 is 15.0 Å². The van der Waals surface area contributed by atoms with Gasteiger partial charge in [-0.2, -0.15) is 0 Å². The molecule has 2 N–H and O–H groups in total. The number of hydrogen-bond donors (Lipinski definition) is 1. The first-order chi connectivity index (χ1) is 13.0. The number of likely N-dealkylation sites (tertiary alicyclic amines) is 1. The van der Waals surface area contributed by atoms with Crippen LogP contribution in [0.4, 0.5) is 4.39 Å². The summed E-state index contributed by atoms with van der Waals surface area (Å²) >= 11 is 0. The molecule has 1 fully saturated rings. The summed E-state index contributed by atoms with van der Waals surface area (Å²) in [5.41, 5.74) is 8.11. The molecular formula is C20H19FN4O2. The fraction of sp³-hybridized carbons (Fsp3) is 0.250. The fourth-order valence-corrected chi connectivity index (χ4v) is 3.45. The molecule has 0 radical (unpaired) electrons. The SMILES string of the molecule is NC(=O)C1CCCN(C(=O)c2ccc3nc(-c4ccc(F)cc4)cn3c2)C1. The molecule has 4 rings (SSSR count). The molecule has 0 aliphatic carbocycles. The van der Waals surface area contributed by atoms with Crippen LogP contribution in [0.15, 0.2) is 48.8 Å². The zero-order chi connectivity index (χ0) is 19.0. The van der Waals surface area contributed by atoms with Crippen LogP contribution in [0, 0.1) is 11.7 Å². The van der Waals surface area contributed by atoms with E-state index in [2.05, 4.69) is 4.98 Å². The van der Waals surface area contributed by atoms with Gasteiger partial charge in [-0.05, 0) is 49.2 Å². The van der Waals surface area contributed by atoms with Crippen molar-refractivity contribution in [2.45, 2.75) is 12.8 Å². The highest BCUT2D eigenvalue weighted by atomic mass is 19.1. The molecule has 1 aliphatic heterocycles. The van der Waals surface area contributed by atoms with E-state index in [1.54, 1.807) is 39.8 Å². The molecule has 2 aromatic heterocycles. The summed E-state index contributed by atoms with van der Waals surface area (Å²) in [7, 11) is 0. The van der Waals surface area contributed by atoms with Gasteiger partial charge in [0.25, 0.3) is 5.91 Å². The van der Waals surface area contributed by atoms with Gasteiger partial charge in [0.2, 0.25) is 5.91 Å². The van der Waals surface area contributed by atoms with Crippen LogP contribution in [0.2, 0.25) is 0 Å². The third-order valence-electron chi connectivity index (χ3n) is 4.95. The minimum Gasteiger partial charge on any atom is -0.369 e. The Morgan fingerprint density at radius 2 is 1.89 bits per heavy atom. The monoisotopic (exact) mass is 366 g/mol. The van der Waals surface area contributed by atoms with Crippen LogP contribution >= 0.6 is 0 Å². The number of carbonyl (C=O) groups excluding carboxylic acids is 2. The number of benzene rings is 1. The molecule has 27 heavy (non-hydrogen) atoms. The lowest BCUT2D eigenvalue weighted by Gasteiger charge is -2.31. The second-order valence-electron chi connectivity index (χ2n) is 6.81. The summed E-state index contributed by atoms with van der Waals surface area (Å²) in [5, 5.41) is 0. The lowest BCUT2D eigenvalue weighted by molar-refractivity contribution is -0.123. The lowest BCUT2D eigenvalue weighted by atomic mass is 9.97. The van der Waals surface area contributed by atoms with E-state index in [0.717, 1.165) is 18.4 Å². The van der Waals surface area contributed by atoms with E-state index >= 15 is 0 Å². The van der Waals surface area contributed by atoms with Gasteiger partial charge in [-0.15, -0.1) is 0 Å². The van der Waals surface area contributed by atoms with E-state index < -0.39 is 0 Å². The largest absolute Gasteiger partial charge is 0.369 e. The molecule has 0 bridgehead atoms. The van der Waals surface area contributed by atoms with Crippen molar-refractivity contribution in [1.29, 1.82) is 0 Å². The van der Waals surface area contributed by atoms with Crippen molar-refractivity contribution in [1.82, 2.24) is 14.3 Å². The zero-order valence-electron chi connectivity index (χ0n) is 14.6. The number of primary amides is 1. The van der Waals surface area contributed by atoms with Gasteiger partial charge >= 0.3 is 0 Å². The number of amides is 2. The van der Waals surface area contributed by atoms with Crippen molar-refractivity contribution < 1.29 is 14.0 Å². The smallest absolute Gasteiger partial charge is 0.255 e. The molecule has 3 heterocycles. The van der Waals surface area contributed by atoms with Crippen LogP contribution < -0.4 is 5.73 Å². The molecule has 6 nitrogen and oxygen atoms in total. The van der Waals surface area contributed by atoms with Crippen LogP contribution in [-0.4, -0.2) is 39.2 Å². The Hall–Kier alpha value is -3.22. The van der Waals surface area contributed by atoms with E-state index in [4.69, 9.17) is 5.73 Å². The number of hydrogen-bond acceptors (Lipinski definition) is 3. The first kappa shape index (κ1) is 17.2. The van der Waals surface area contributed by atoms with Crippen LogP contribution in [0.1, 0.15) is 23.2 Å². The quantitative estimate of drug-likeness (QED) is 0.773. The highest BCUT2D eigenvalue weighted by Crippen LogP contribution is 2.22. The van der Waals surface area contributed by atoms with Crippen molar-refractivity contribution in [2.24, 2.45) is 11.7 Å². The number of piperidine rings is 1. The first-order valence-electron chi connectivity index (χ1n) is 8.84. The van der Waals surface area contributed by atoms with Gasteiger partial charge in [0.1, 0.15) is 11.5 Å². The van der Waals surface area contributed by atoms with Gasteiger partial charge in [-0.3, -0.25) is 9.59 Å². The van der Waals surface area contributed by atoms with Crippen molar-refractivity contribution in [3.05, 3.63) is 60.2 Å². The Balaban J connectivity index is 1.60. The molecule has 0 spiro atoms. The summed E-state index contributed by atoms with van der Waals surface area (Å²) in [6.07, 6.45) is 5.02. The van der Waals surface area contributed by atoms with Crippen LogP contribution in [0.3, 0.4) is 0 Å². The molecule has 1 aliphatic rings. The number of carbonyl (C=O) groups is 2. The average Bonchev–Trinajstić information content (AvgIpc) is 3.11. The second kappa shape index (κ2) is 6.83. The Labute approximate surface area is 155 Å². The number of imidazole rings is 1. The normalized spacial score (nSPS) is 17.2. The van der Waals surface area contributed by atoms with E-state index in [-0.39, 0.29) is 23.5 Å². The predicted molar refractivity (Wildman–Crippen MR) is 98.4 cm³/mol. The van der Waals surface area contributed by atoms with Gasteiger partial charge in [0.15, 0.2) is 0 Å². The molecule has 1 aromatic carbocycles. The third-order valence-corrected chi connectivity index (χ3v) is 4.95. The van der Waals surface area contributed by atoms with Crippen molar-refractivity contribution >= 4 is 17.5 Å². The van der Waals surface area contributed by atoms with Gasteiger partial charge in [-0.25, -0.2) is 9.37 Å². The van der Waals surface area contributed by atoms with Crippen LogP contribution in [-0.2, 0) is 4.79 Å². The topological polar surface area (TPSA) is 80.7 Å². The summed E-state index contributed by atoms with van der Waals surface area (Å²) in [5.74, 6) is -1.07. The van der Waals surface area contributed by atoms with E-state index in [9.17, 15) is 14.0 Å². The maximum atomic E-state index is 13.1. The number of fused-ring (bicyclic) bond motifs is 1. The standard InChI is InChI=1S/C20H19FN4O2/c21-16-6-3-13(4-7-16)17-12-25-11-15(5-8-18(25)23-17)20(27)24-9-1-2-14(10-24)19(22)26/h3-8,11-12,14H,1-2,9-10H2,(H2,22,26). The number of nitrogens with two attached hydrogens (primary N) is 1. The number of pyridine rings is 1. The summed E-state index contributed by atoms with van der Waals surface area (Å²) in [4.78, 5) is 30.5. The van der Waals surface area contributed by atoms with Crippen molar-refractivity contribution in [3.8, 4) is 11.3 Å². The maximum Gasteiger partial charge on any atom is 0.255 e. The summed E-state index contributed by atoms with van der Waals surface area (Å²) in [6.45, 7) is 0.975. The zero-order valence-corrected chi connectivity index (χ0v) is 14.6. The van der Waals surface area contributed by atoms with Gasteiger partial charge in [0, 0.05) is 31.0 Å². The molecule has 2 amide bonds. The Morgan fingerprint density at radius 1 is 1.11 bits per heavy atom. The Kier molecular flexibility index (Phi) is 4.35. The molecule has 7 heteroatoms. The molecule has 1 unspecified atom stereocenters. The highest BCUT2D eigenvalue weighted by Gasteiger charge is 2.27. The Morgan fingerprint density at radius 3 is 2.63 bits per heavy atom. The molecule has 1 saturated heterocycles. The van der Waals surface area contributed by atoms with E-state index in [1.807, 2.05) is 6.20 Å². The highest BCUT2D eigenvalue weighted by molar-refractivity contribution is 5.94. The second-order valence-corrected chi connectivity index (χ2v) is 6.81. The lowest BCUT2D eigenvalue weighted by Crippen LogP contribution is -2.44. The van der Waals surface area contributed by atoms with Crippen molar-refractivity contribution in [2.75, 3.05) is 13.1 Å². The number of nitrogens with zero attached hydrogens (tertiary/aromatic N) is 3.